The van der Waals surface area contributed by atoms with Crippen molar-refractivity contribution in [3.8, 4) is 0 Å². The molecule has 0 atom stereocenters. The van der Waals surface area contributed by atoms with Gasteiger partial charge in [0.2, 0.25) is 0 Å². The molecule has 0 heterocycles. The first-order chi connectivity index (χ1) is 21.9. The zero-order valence-electron chi connectivity index (χ0n) is 30.1. The normalized spacial score (nSPS) is 10.6. The summed E-state index contributed by atoms with van der Waals surface area (Å²) in [5.41, 5.74) is 0. The molecule has 2 N–H and O–H groups in total. The predicted molar refractivity (Wildman–Crippen MR) is 188 cm³/mol. The van der Waals surface area contributed by atoms with Crippen molar-refractivity contribution in [2.75, 3.05) is 33.4 Å². The minimum atomic E-state index is -0.977. The summed E-state index contributed by atoms with van der Waals surface area (Å²) in [5.74, 6) is -0.0989. The lowest BCUT2D eigenvalue weighted by Crippen LogP contribution is -2.28. The van der Waals surface area contributed by atoms with Gasteiger partial charge in [0.25, 0.3) is 0 Å². The predicted octanol–water partition coefficient (Wildman–Crippen LogP) is 11.1. The fourth-order valence-corrected chi connectivity index (χ4v) is 4.99. The second kappa shape index (κ2) is 38.2. The third kappa shape index (κ3) is 40.0. The fourth-order valence-electron chi connectivity index (χ4n) is 4.99. The standard InChI is InChI=1S/C19H37NO4.C18H37NO2/c1-2-3-4-5-6-7-8-11-14-17-24-18(21)15-12-9-10-13-16-20-19(22)23;1-4-6-8-9-10-11-12-13-15-17-21-18(20)19(3)16-14-7-5-2/h20H,2-17H2,1H3,(H,22,23);4-17H2,1-3H3. The van der Waals surface area contributed by atoms with Crippen molar-refractivity contribution in [3.63, 3.8) is 0 Å². The van der Waals surface area contributed by atoms with E-state index in [1.807, 2.05) is 7.05 Å². The number of unbranched alkanes of at least 4 members (excludes halogenated alkanes) is 21. The second-order valence-electron chi connectivity index (χ2n) is 12.5. The lowest BCUT2D eigenvalue weighted by atomic mass is 10.1. The fraction of sp³-hybridized carbons (Fsp3) is 0.919. The number of hydrogen-bond acceptors (Lipinski definition) is 5. The molecule has 8 heteroatoms. The number of esters is 1. The number of carbonyl (C=O) groups excluding carboxylic acids is 2. The van der Waals surface area contributed by atoms with Gasteiger partial charge >= 0.3 is 18.2 Å². The lowest BCUT2D eigenvalue weighted by molar-refractivity contribution is -0.143. The van der Waals surface area contributed by atoms with E-state index in [4.69, 9.17) is 14.6 Å². The molecule has 0 aliphatic heterocycles. The Balaban J connectivity index is 0. The van der Waals surface area contributed by atoms with E-state index in [1.165, 1.54) is 109 Å². The van der Waals surface area contributed by atoms with Crippen molar-refractivity contribution in [2.24, 2.45) is 0 Å². The van der Waals surface area contributed by atoms with Gasteiger partial charge in [0.05, 0.1) is 13.2 Å². The molecule has 0 saturated carbocycles. The molecule has 0 aromatic carbocycles. The van der Waals surface area contributed by atoms with Crippen LogP contribution in [0.2, 0.25) is 0 Å². The summed E-state index contributed by atoms with van der Waals surface area (Å²) in [6.45, 7) is 9.08. The summed E-state index contributed by atoms with van der Waals surface area (Å²) in [7, 11) is 1.83. The van der Waals surface area contributed by atoms with Crippen LogP contribution in [0.1, 0.15) is 188 Å². The molecule has 268 valence electrons. The van der Waals surface area contributed by atoms with Crippen molar-refractivity contribution in [1.29, 1.82) is 0 Å². The maximum Gasteiger partial charge on any atom is 0.409 e. The Morgan fingerprint density at radius 2 is 0.933 bits per heavy atom. The van der Waals surface area contributed by atoms with Crippen LogP contribution in [0.5, 0.6) is 0 Å². The second-order valence-corrected chi connectivity index (χ2v) is 12.5. The molecule has 0 aromatic heterocycles. The van der Waals surface area contributed by atoms with E-state index in [9.17, 15) is 14.4 Å². The van der Waals surface area contributed by atoms with E-state index in [-0.39, 0.29) is 12.1 Å². The molecule has 0 unspecified atom stereocenters. The SMILES string of the molecule is CCCCCCCCCCCOC(=O)CCCCCCNC(=O)O.CCCCCCCCCCCOC(=O)N(C)CCCCC. The minimum Gasteiger partial charge on any atom is -0.466 e. The maximum absolute atomic E-state index is 11.7. The van der Waals surface area contributed by atoms with Crippen molar-refractivity contribution >= 4 is 18.2 Å². The van der Waals surface area contributed by atoms with Gasteiger partial charge in [-0.1, -0.05) is 149 Å². The van der Waals surface area contributed by atoms with Gasteiger partial charge in [-0.2, -0.15) is 0 Å². The van der Waals surface area contributed by atoms with Crippen LogP contribution in [0.3, 0.4) is 0 Å². The maximum atomic E-state index is 11.7. The molecule has 0 aliphatic carbocycles. The third-order valence-corrected chi connectivity index (χ3v) is 7.98. The Morgan fingerprint density at radius 3 is 1.42 bits per heavy atom. The molecule has 2 amide bonds. The quantitative estimate of drug-likeness (QED) is 0.0576. The molecule has 0 aromatic rings. The largest absolute Gasteiger partial charge is 0.466 e. The van der Waals surface area contributed by atoms with Crippen molar-refractivity contribution in [1.82, 2.24) is 10.2 Å². The highest BCUT2D eigenvalue weighted by Gasteiger charge is 2.08. The van der Waals surface area contributed by atoms with E-state index in [1.54, 1.807) is 4.90 Å². The van der Waals surface area contributed by atoms with E-state index in [0.29, 0.717) is 26.2 Å². The highest BCUT2D eigenvalue weighted by atomic mass is 16.6. The van der Waals surface area contributed by atoms with Gasteiger partial charge in [0.15, 0.2) is 0 Å². The summed E-state index contributed by atoms with van der Waals surface area (Å²) < 4.78 is 10.5. The van der Waals surface area contributed by atoms with Crippen LogP contribution in [0.4, 0.5) is 9.59 Å². The van der Waals surface area contributed by atoms with Gasteiger partial charge in [0.1, 0.15) is 0 Å². The average Bonchev–Trinajstić information content (AvgIpc) is 3.02. The van der Waals surface area contributed by atoms with E-state index in [2.05, 4.69) is 26.1 Å². The summed E-state index contributed by atoms with van der Waals surface area (Å²) in [6, 6.07) is 0. The molecule has 8 nitrogen and oxygen atoms in total. The number of carbonyl (C=O) groups is 3. The Labute approximate surface area is 278 Å². The van der Waals surface area contributed by atoms with Gasteiger partial charge in [-0.3, -0.25) is 4.79 Å². The van der Waals surface area contributed by atoms with Crippen molar-refractivity contribution in [2.45, 2.75) is 188 Å². The summed E-state index contributed by atoms with van der Waals surface area (Å²) in [4.78, 5) is 35.2. The minimum absolute atomic E-state index is 0.0989. The van der Waals surface area contributed by atoms with Crippen LogP contribution in [0.25, 0.3) is 0 Å². The van der Waals surface area contributed by atoms with Crippen LogP contribution in [-0.4, -0.2) is 61.5 Å². The Morgan fingerprint density at radius 1 is 0.533 bits per heavy atom. The highest BCUT2D eigenvalue weighted by molar-refractivity contribution is 5.69. The number of amides is 2. The molecule has 0 fully saturated rings. The Bertz CT molecular complexity index is 646. The van der Waals surface area contributed by atoms with Gasteiger partial charge in [0, 0.05) is 26.6 Å². The number of rotatable bonds is 31. The van der Waals surface area contributed by atoms with Crippen molar-refractivity contribution < 1.29 is 29.0 Å². The molecular weight excluding hydrogens is 568 g/mol. The molecule has 0 rings (SSSR count). The summed E-state index contributed by atoms with van der Waals surface area (Å²) >= 11 is 0. The summed E-state index contributed by atoms with van der Waals surface area (Å²) in [5, 5.41) is 10.7. The van der Waals surface area contributed by atoms with Gasteiger partial charge in [-0.15, -0.1) is 0 Å². The Kier molecular flexibility index (Phi) is 38.3. The molecule has 0 spiro atoms. The van der Waals surface area contributed by atoms with Gasteiger partial charge in [-0.05, 0) is 32.1 Å². The average molecular weight is 643 g/mol. The molecule has 0 bridgehead atoms. The lowest BCUT2D eigenvalue weighted by Gasteiger charge is -2.16. The smallest absolute Gasteiger partial charge is 0.409 e. The summed E-state index contributed by atoms with van der Waals surface area (Å²) in [6.07, 6.45) is 29.3. The van der Waals surface area contributed by atoms with Crippen LogP contribution in [-0.2, 0) is 14.3 Å². The molecule has 45 heavy (non-hydrogen) atoms. The zero-order chi connectivity index (χ0) is 33.6. The number of ether oxygens (including phenoxy) is 2. The molecule has 0 radical (unpaired) electrons. The Hall–Kier alpha value is -1.99. The van der Waals surface area contributed by atoms with E-state index >= 15 is 0 Å². The third-order valence-electron chi connectivity index (χ3n) is 7.98. The number of carboxylic acid groups (broad SMARTS) is 1. The van der Waals surface area contributed by atoms with E-state index in [0.717, 1.165) is 57.9 Å². The zero-order valence-corrected chi connectivity index (χ0v) is 30.1. The number of nitrogens with zero attached hydrogens (tertiary/aromatic N) is 1. The van der Waals surface area contributed by atoms with Gasteiger partial charge in [-0.25, -0.2) is 9.59 Å². The molecular formula is C37H74N2O6. The van der Waals surface area contributed by atoms with Crippen LogP contribution in [0.15, 0.2) is 0 Å². The highest BCUT2D eigenvalue weighted by Crippen LogP contribution is 2.11. The monoisotopic (exact) mass is 643 g/mol. The van der Waals surface area contributed by atoms with Crippen molar-refractivity contribution in [3.05, 3.63) is 0 Å². The first-order valence-corrected chi connectivity index (χ1v) is 18.9. The number of nitrogens with one attached hydrogen (secondary N) is 1. The van der Waals surface area contributed by atoms with Crippen LogP contribution < -0.4 is 5.32 Å². The topological polar surface area (TPSA) is 105 Å². The molecule has 0 saturated heterocycles. The van der Waals surface area contributed by atoms with Crippen LogP contribution >= 0.6 is 0 Å². The first kappa shape index (κ1) is 45.1. The van der Waals surface area contributed by atoms with Crippen LogP contribution in [0, 0.1) is 0 Å². The van der Waals surface area contributed by atoms with E-state index < -0.39 is 6.09 Å². The number of hydrogen-bond donors (Lipinski definition) is 2. The first-order valence-electron chi connectivity index (χ1n) is 18.9. The molecule has 0 aliphatic rings. The van der Waals surface area contributed by atoms with Gasteiger partial charge < -0.3 is 24.8 Å².